The van der Waals surface area contributed by atoms with Gasteiger partial charge in [0.2, 0.25) is 5.91 Å². The fourth-order valence-electron chi connectivity index (χ4n) is 2.03. The summed E-state index contributed by atoms with van der Waals surface area (Å²) in [5.74, 6) is -1.15. The highest BCUT2D eigenvalue weighted by Crippen LogP contribution is 2.21. The Labute approximate surface area is 127 Å². The monoisotopic (exact) mass is 303 g/mol. The first-order chi connectivity index (χ1) is 10.2. The minimum atomic E-state index is -1.02. The van der Waals surface area contributed by atoms with Crippen LogP contribution in [0.15, 0.2) is 41.1 Å². The Morgan fingerprint density at radius 2 is 1.86 bits per heavy atom. The van der Waals surface area contributed by atoms with Crippen LogP contribution in [0.3, 0.4) is 0 Å². The zero-order valence-electron chi connectivity index (χ0n) is 11.5. The number of rotatable bonds is 7. The molecule has 1 aromatic heterocycles. The number of unbranched alkanes of at least 4 members (excludes halogenated alkanes) is 1. The molecule has 2 rings (SSSR count). The number of thiophene rings is 1. The molecule has 21 heavy (non-hydrogen) atoms. The Bertz CT molecular complexity index is 607. The fourth-order valence-corrected chi connectivity index (χ4v) is 2.79. The van der Waals surface area contributed by atoms with Gasteiger partial charge in [0.1, 0.15) is 0 Å². The zero-order valence-corrected chi connectivity index (χ0v) is 12.4. The molecular formula is C16H17NO3S. The Morgan fingerprint density at radius 3 is 2.57 bits per heavy atom. The van der Waals surface area contributed by atoms with Gasteiger partial charge in [0.25, 0.3) is 0 Å². The number of carboxylic acid groups (broad SMARTS) is 1. The van der Waals surface area contributed by atoms with Crippen molar-refractivity contribution in [1.82, 2.24) is 0 Å². The van der Waals surface area contributed by atoms with E-state index in [0.717, 1.165) is 19.3 Å². The lowest BCUT2D eigenvalue weighted by atomic mass is 10.1. The number of benzene rings is 1. The average Bonchev–Trinajstić information content (AvgIpc) is 2.93. The van der Waals surface area contributed by atoms with Gasteiger partial charge >= 0.3 is 5.97 Å². The minimum absolute atomic E-state index is 0.135. The number of hydrogen-bond acceptors (Lipinski definition) is 3. The van der Waals surface area contributed by atoms with Gasteiger partial charge in [-0.3, -0.25) is 4.79 Å². The van der Waals surface area contributed by atoms with Crippen molar-refractivity contribution in [3.8, 4) is 0 Å². The van der Waals surface area contributed by atoms with Gasteiger partial charge in [-0.1, -0.05) is 30.3 Å². The van der Waals surface area contributed by atoms with Crippen LogP contribution in [0.4, 0.5) is 5.69 Å². The number of aryl methyl sites for hydroxylation is 1. The fraction of sp³-hybridized carbons (Fsp3) is 0.250. The maximum Gasteiger partial charge on any atom is 0.338 e. The van der Waals surface area contributed by atoms with Crippen LogP contribution in [0.5, 0.6) is 0 Å². The van der Waals surface area contributed by atoms with E-state index in [-0.39, 0.29) is 11.5 Å². The molecule has 0 saturated heterocycles. The van der Waals surface area contributed by atoms with Crippen LogP contribution in [0, 0.1) is 0 Å². The second-order valence-electron chi connectivity index (χ2n) is 4.75. The van der Waals surface area contributed by atoms with E-state index < -0.39 is 5.97 Å². The van der Waals surface area contributed by atoms with Gasteiger partial charge in [-0.25, -0.2) is 4.79 Å². The largest absolute Gasteiger partial charge is 0.478 e. The van der Waals surface area contributed by atoms with Crippen molar-refractivity contribution in [2.24, 2.45) is 0 Å². The molecule has 0 spiro atoms. The van der Waals surface area contributed by atoms with Gasteiger partial charge in [-0.05, 0) is 24.8 Å². The summed E-state index contributed by atoms with van der Waals surface area (Å²) in [5, 5.41) is 14.8. The van der Waals surface area contributed by atoms with Gasteiger partial charge in [0, 0.05) is 17.2 Å². The van der Waals surface area contributed by atoms with Crippen molar-refractivity contribution < 1.29 is 14.7 Å². The molecule has 0 aliphatic rings. The van der Waals surface area contributed by atoms with Gasteiger partial charge in [-0.2, -0.15) is 0 Å². The molecule has 1 amide bonds. The lowest BCUT2D eigenvalue weighted by molar-refractivity contribution is -0.116. The van der Waals surface area contributed by atoms with Crippen LogP contribution in [0.2, 0.25) is 0 Å². The highest BCUT2D eigenvalue weighted by molar-refractivity contribution is 7.08. The van der Waals surface area contributed by atoms with Crippen LogP contribution in [0.25, 0.3) is 0 Å². The molecule has 0 radical (unpaired) electrons. The van der Waals surface area contributed by atoms with Crippen molar-refractivity contribution in [3.05, 3.63) is 52.2 Å². The first-order valence-electron chi connectivity index (χ1n) is 6.80. The van der Waals surface area contributed by atoms with Gasteiger partial charge < -0.3 is 10.4 Å². The normalized spacial score (nSPS) is 10.3. The molecule has 0 fully saturated rings. The van der Waals surface area contributed by atoms with Crippen molar-refractivity contribution in [1.29, 1.82) is 0 Å². The number of aromatic carboxylic acids is 1. The van der Waals surface area contributed by atoms with Crippen molar-refractivity contribution in [3.63, 3.8) is 0 Å². The summed E-state index contributed by atoms with van der Waals surface area (Å²) in [6, 6.07) is 10.1. The summed E-state index contributed by atoms with van der Waals surface area (Å²) >= 11 is 1.27. The van der Waals surface area contributed by atoms with Crippen LogP contribution < -0.4 is 5.32 Å². The van der Waals surface area contributed by atoms with Crippen molar-refractivity contribution in [2.75, 3.05) is 5.32 Å². The number of carboxylic acids is 1. The van der Waals surface area contributed by atoms with Gasteiger partial charge in [-0.15, -0.1) is 11.3 Å². The molecule has 0 unspecified atom stereocenters. The molecule has 0 saturated carbocycles. The Kier molecular flexibility index (Phi) is 5.51. The van der Waals surface area contributed by atoms with E-state index in [4.69, 9.17) is 5.11 Å². The van der Waals surface area contributed by atoms with Crippen LogP contribution >= 0.6 is 11.3 Å². The lowest BCUT2D eigenvalue weighted by Gasteiger charge is -2.05. The smallest absolute Gasteiger partial charge is 0.338 e. The maximum absolute atomic E-state index is 11.8. The second-order valence-corrected chi connectivity index (χ2v) is 5.49. The highest BCUT2D eigenvalue weighted by Gasteiger charge is 2.13. The molecule has 5 heteroatoms. The first-order valence-corrected chi connectivity index (χ1v) is 7.74. The third-order valence-corrected chi connectivity index (χ3v) is 3.87. The first kappa shape index (κ1) is 15.3. The second kappa shape index (κ2) is 7.59. The highest BCUT2D eigenvalue weighted by atomic mass is 32.1. The number of hydrogen-bond donors (Lipinski definition) is 2. The molecule has 4 nitrogen and oxygen atoms in total. The number of carbonyl (C=O) groups is 2. The van der Waals surface area contributed by atoms with E-state index in [0.29, 0.717) is 12.1 Å². The average molecular weight is 303 g/mol. The standard InChI is InChI=1S/C16H17NO3S/c18-15(17-14-11-21-10-13(14)16(19)20)9-5-4-8-12-6-2-1-3-7-12/h1-3,6-7,10-11H,4-5,8-9H2,(H,17,18)(H,19,20). The van der Waals surface area contributed by atoms with Gasteiger partial charge in [0.05, 0.1) is 11.3 Å². The van der Waals surface area contributed by atoms with E-state index in [9.17, 15) is 9.59 Å². The quantitative estimate of drug-likeness (QED) is 0.765. The summed E-state index contributed by atoms with van der Waals surface area (Å²) in [7, 11) is 0. The van der Waals surface area contributed by atoms with E-state index in [2.05, 4.69) is 17.4 Å². The summed E-state index contributed by atoms with van der Waals surface area (Å²) in [6.45, 7) is 0. The number of amides is 1. The number of nitrogens with one attached hydrogen (secondary N) is 1. The minimum Gasteiger partial charge on any atom is -0.478 e. The molecule has 1 heterocycles. The SMILES string of the molecule is O=C(CCCCc1ccccc1)Nc1cscc1C(=O)O. The maximum atomic E-state index is 11.8. The van der Waals surface area contributed by atoms with Crippen LogP contribution in [-0.2, 0) is 11.2 Å². The summed E-state index contributed by atoms with van der Waals surface area (Å²) in [6.07, 6.45) is 3.08. The van der Waals surface area contributed by atoms with Crippen molar-refractivity contribution >= 4 is 28.9 Å². The molecule has 2 N–H and O–H groups in total. The molecule has 110 valence electrons. The lowest BCUT2D eigenvalue weighted by Crippen LogP contribution is -2.13. The number of carbonyl (C=O) groups excluding carboxylic acids is 1. The van der Waals surface area contributed by atoms with Crippen LogP contribution in [0.1, 0.15) is 35.2 Å². The third-order valence-electron chi connectivity index (χ3n) is 3.13. The molecule has 0 bridgehead atoms. The predicted molar refractivity (Wildman–Crippen MR) is 83.9 cm³/mol. The predicted octanol–water partition coefficient (Wildman–Crippen LogP) is 3.80. The van der Waals surface area contributed by atoms with Crippen molar-refractivity contribution in [2.45, 2.75) is 25.7 Å². The van der Waals surface area contributed by atoms with E-state index in [1.807, 2.05) is 18.2 Å². The molecule has 0 aliphatic heterocycles. The Morgan fingerprint density at radius 1 is 1.10 bits per heavy atom. The summed E-state index contributed by atoms with van der Waals surface area (Å²) < 4.78 is 0. The molecule has 2 aromatic rings. The third kappa shape index (κ3) is 4.72. The van der Waals surface area contributed by atoms with E-state index >= 15 is 0 Å². The molecule has 0 aliphatic carbocycles. The number of anilines is 1. The van der Waals surface area contributed by atoms with E-state index in [1.54, 1.807) is 5.38 Å². The molecular weight excluding hydrogens is 286 g/mol. The summed E-state index contributed by atoms with van der Waals surface area (Å²) in [4.78, 5) is 22.7. The molecule has 0 atom stereocenters. The Hall–Kier alpha value is -2.14. The summed E-state index contributed by atoms with van der Waals surface area (Å²) in [5.41, 5.74) is 1.81. The topological polar surface area (TPSA) is 66.4 Å². The van der Waals surface area contributed by atoms with Crippen LogP contribution in [-0.4, -0.2) is 17.0 Å². The van der Waals surface area contributed by atoms with Gasteiger partial charge in [0.15, 0.2) is 0 Å². The van der Waals surface area contributed by atoms with E-state index in [1.165, 1.54) is 22.3 Å². The zero-order chi connectivity index (χ0) is 15.1. The Balaban J connectivity index is 1.73. The molecule has 1 aromatic carbocycles.